The molecule has 0 radical (unpaired) electrons. The highest BCUT2D eigenvalue weighted by atomic mass is 16.2. The molecule has 2 aromatic heterocycles. The number of hydrogen-bond donors (Lipinski definition) is 3. The highest BCUT2D eigenvalue weighted by molar-refractivity contribution is 6.04. The summed E-state index contributed by atoms with van der Waals surface area (Å²) < 4.78 is 0. The van der Waals surface area contributed by atoms with Crippen molar-refractivity contribution in [3.05, 3.63) is 66.1 Å². The molecule has 1 aliphatic heterocycles. The van der Waals surface area contributed by atoms with Crippen LogP contribution in [-0.4, -0.2) is 39.9 Å². The number of piperidine rings is 1. The van der Waals surface area contributed by atoms with Crippen molar-refractivity contribution in [3.8, 4) is 0 Å². The van der Waals surface area contributed by atoms with E-state index in [1.807, 2.05) is 0 Å². The van der Waals surface area contributed by atoms with E-state index >= 15 is 0 Å². The number of anilines is 4. The second-order valence-electron chi connectivity index (χ2n) is 7.21. The van der Waals surface area contributed by atoms with Crippen LogP contribution in [0.4, 0.5) is 23.1 Å². The van der Waals surface area contributed by atoms with Crippen LogP contribution in [0.3, 0.4) is 0 Å². The first kappa shape index (κ1) is 20.3. The Labute approximate surface area is 179 Å². The van der Waals surface area contributed by atoms with E-state index in [0.717, 1.165) is 25.9 Å². The smallest absolute Gasteiger partial charge is 0.271 e. The van der Waals surface area contributed by atoms with Gasteiger partial charge in [0.2, 0.25) is 0 Å². The van der Waals surface area contributed by atoms with E-state index in [-0.39, 0.29) is 11.6 Å². The van der Waals surface area contributed by atoms with E-state index in [0.29, 0.717) is 28.7 Å². The molecule has 158 valence electrons. The highest BCUT2D eigenvalue weighted by Gasteiger charge is 2.18. The zero-order chi connectivity index (χ0) is 21.6. The van der Waals surface area contributed by atoms with E-state index in [9.17, 15) is 9.59 Å². The summed E-state index contributed by atoms with van der Waals surface area (Å²) in [5.74, 6) is 0.548. The molecule has 1 fully saturated rings. The summed E-state index contributed by atoms with van der Waals surface area (Å²) in [5.41, 5.74) is 6.67. The van der Waals surface area contributed by atoms with Crippen LogP contribution < -0.4 is 21.3 Å². The van der Waals surface area contributed by atoms with E-state index in [1.54, 1.807) is 54.9 Å². The molecule has 0 spiro atoms. The van der Waals surface area contributed by atoms with Gasteiger partial charge < -0.3 is 21.3 Å². The lowest BCUT2D eigenvalue weighted by Gasteiger charge is -2.27. The van der Waals surface area contributed by atoms with Crippen LogP contribution in [0.2, 0.25) is 0 Å². The van der Waals surface area contributed by atoms with Crippen LogP contribution in [0.5, 0.6) is 0 Å². The van der Waals surface area contributed by atoms with Crippen molar-refractivity contribution in [2.45, 2.75) is 19.3 Å². The maximum atomic E-state index is 12.4. The van der Waals surface area contributed by atoms with Gasteiger partial charge in [-0.1, -0.05) is 6.07 Å². The van der Waals surface area contributed by atoms with Crippen molar-refractivity contribution in [1.82, 2.24) is 15.0 Å². The van der Waals surface area contributed by atoms with Gasteiger partial charge in [-0.25, -0.2) is 15.0 Å². The number of nitrogens with two attached hydrogens (primary N) is 1. The Balaban J connectivity index is 1.51. The molecule has 1 aliphatic rings. The van der Waals surface area contributed by atoms with Crippen LogP contribution in [0.25, 0.3) is 0 Å². The number of hydrogen-bond acceptors (Lipinski definition) is 7. The average molecular weight is 417 g/mol. The molecule has 1 saturated heterocycles. The molecule has 0 aliphatic carbocycles. The monoisotopic (exact) mass is 417 g/mol. The van der Waals surface area contributed by atoms with Gasteiger partial charge in [-0.2, -0.15) is 0 Å². The normalized spacial score (nSPS) is 13.5. The number of carbonyl (C=O) groups is 2. The van der Waals surface area contributed by atoms with Crippen molar-refractivity contribution < 1.29 is 9.59 Å². The minimum Gasteiger partial charge on any atom is -0.364 e. The molecule has 1 aromatic carbocycles. The van der Waals surface area contributed by atoms with Gasteiger partial charge in [0, 0.05) is 30.5 Å². The topological polar surface area (TPSA) is 126 Å². The zero-order valence-corrected chi connectivity index (χ0v) is 16.9. The van der Waals surface area contributed by atoms with E-state index in [1.165, 1.54) is 6.42 Å². The van der Waals surface area contributed by atoms with Crippen molar-refractivity contribution in [2.75, 3.05) is 28.6 Å². The third-order valence-electron chi connectivity index (χ3n) is 4.99. The lowest BCUT2D eigenvalue weighted by Crippen LogP contribution is -2.31. The number of benzene rings is 1. The largest absolute Gasteiger partial charge is 0.364 e. The summed E-state index contributed by atoms with van der Waals surface area (Å²) in [6, 6.07) is 12.1. The Morgan fingerprint density at radius 3 is 2.42 bits per heavy atom. The third-order valence-corrected chi connectivity index (χ3v) is 4.99. The van der Waals surface area contributed by atoms with Gasteiger partial charge in [0.15, 0.2) is 11.5 Å². The summed E-state index contributed by atoms with van der Waals surface area (Å²) in [7, 11) is 0. The number of pyridine rings is 1. The Kier molecular flexibility index (Phi) is 6.02. The summed E-state index contributed by atoms with van der Waals surface area (Å²) in [6.45, 7) is 1.81. The number of nitrogens with one attached hydrogen (secondary N) is 2. The van der Waals surface area contributed by atoms with Crippen molar-refractivity contribution in [1.29, 1.82) is 0 Å². The van der Waals surface area contributed by atoms with Crippen molar-refractivity contribution in [2.24, 2.45) is 5.73 Å². The fourth-order valence-electron chi connectivity index (χ4n) is 3.39. The Morgan fingerprint density at radius 2 is 1.74 bits per heavy atom. The fraction of sp³-hybridized carbons (Fsp3) is 0.227. The minimum absolute atomic E-state index is 0.0673. The van der Waals surface area contributed by atoms with E-state index in [2.05, 4.69) is 30.5 Å². The molecule has 2 amide bonds. The number of rotatable bonds is 6. The Bertz CT molecular complexity index is 1060. The lowest BCUT2D eigenvalue weighted by molar-refractivity contribution is 0.0994. The second kappa shape index (κ2) is 9.21. The molecule has 31 heavy (non-hydrogen) atoms. The van der Waals surface area contributed by atoms with Crippen LogP contribution in [0, 0.1) is 0 Å². The molecule has 4 N–H and O–H groups in total. The highest BCUT2D eigenvalue weighted by Crippen LogP contribution is 2.23. The molecule has 0 unspecified atom stereocenters. The van der Waals surface area contributed by atoms with Gasteiger partial charge in [0.05, 0.1) is 6.20 Å². The molecule has 0 saturated carbocycles. The second-order valence-corrected chi connectivity index (χ2v) is 7.21. The van der Waals surface area contributed by atoms with Crippen LogP contribution in [0.15, 0.2) is 54.9 Å². The number of amides is 2. The van der Waals surface area contributed by atoms with Gasteiger partial charge in [-0.3, -0.25) is 9.59 Å². The predicted molar refractivity (Wildman–Crippen MR) is 119 cm³/mol. The van der Waals surface area contributed by atoms with E-state index < -0.39 is 5.91 Å². The van der Waals surface area contributed by atoms with E-state index in [4.69, 9.17) is 5.73 Å². The van der Waals surface area contributed by atoms with Crippen molar-refractivity contribution in [3.63, 3.8) is 0 Å². The number of primary amides is 1. The zero-order valence-electron chi connectivity index (χ0n) is 16.9. The molecular weight excluding hydrogens is 394 g/mol. The average Bonchev–Trinajstić information content (AvgIpc) is 2.80. The van der Waals surface area contributed by atoms with Crippen LogP contribution >= 0.6 is 0 Å². The summed E-state index contributed by atoms with van der Waals surface area (Å²) in [5, 5.41) is 5.84. The Hall–Kier alpha value is -4.01. The first-order chi connectivity index (χ1) is 15.1. The number of nitrogens with zero attached hydrogens (tertiary/aromatic N) is 4. The van der Waals surface area contributed by atoms with Gasteiger partial charge in [0.1, 0.15) is 11.6 Å². The molecule has 4 rings (SSSR count). The van der Waals surface area contributed by atoms with Gasteiger partial charge >= 0.3 is 0 Å². The Morgan fingerprint density at radius 1 is 0.968 bits per heavy atom. The SMILES string of the molecule is NC(=O)c1ncc(N2CCCCC2)nc1Nc1ccc(C(=O)Nc2ccccn2)cc1. The van der Waals surface area contributed by atoms with Crippen molar-refractivity contribution >= 4 is 35.0 Å². The standard InChI is InChI=1S/C22H23N7O2/c23-20(30)19-21(28-18(14-25-19)29-12-4-1-5-13-29)26-16-9-7-15(8-10-16)22(31)27-17-6-2-3-11-24-17/h2-3,6-11,14H,1,4-5,12-13H2,(H2,23,30)(H,26,28)(H,24,27,31). The summed E-state index contributed by atoms with van der Waals surface area (Å²) >= 11 is 0. The van der Waals surface area contributed by atoms with Gasteiger partial charge in [0.25, 0.3) is 11.8 Å². The number of carbonyl (C=O) groups excluding carboxylic acids is 2. The molecule has 9 heteroatoms. The summed E-state index contributed by atoms with van der Waals surface area (Å²) in [4.78, 5) is 39.3. The third kappa shape index (κ3) is 4.95. The molecule has 0 atom stereocenters. The predicted octanol–water partition coefficient (Wildman–Crippen LogP) is 2.96. The molecule has 9 nitrogen and oxygen atoms in total. The first-order valence-electron chi connectivity index (χ1n) is 10.1. The maximum Gasteiger partial charge on any atom is 0.271 e. The molecular formula is C22H23N7O2. The van der Waals surface area contributed by atoms with Gasteiger partial charge in [-0.05, 0) is 55.7 Å². The first-order valence-corrected chi connectivity index (χ1v) is 10.1. The molecule has 0 bridgehead atoms. The maximum absolute atomic E-state index is 12.4. The fourth-order valence-corrected chi connectivity index (χ4v) is 3.39. The van der Waals surface area contributed by atoms with Gasteiger partial charge in [-0.15, -0.1) is 0 Å². The molecule has 3 heterocycles. The van der Waals surface area contributed by atoms with Crippen LogP contribution in [0.1, 0.15) is 40.1 Å². The quantitative estimate of drug-likeness (QED) is 0.563. The molecule has 3 aromatic rings. The summed E-state index contributed by atoms with van der Waals surface area (Å²) in [6.07, 6.45) is 6.60. The number of aromatic nitrogens is 3. The lowest BCUT2D eigenvalue weighted by atomic mass is 10.1. The van der Waals surface area contributed by atoms with Crippen LogP contribution in [-0.2, 0) is 0 Å². The minimum atomic E-state index is -0.661.